The van der Waals surface area contributed by atoms with E-state index in [4.69, 9.17) is 11.6 Å². The van der Waals surface area contributed by atoms with E-state index >= 15 is 0 Å². The lowest BCUT2D eigenvalue weighted by Crippen LogP contribution is -2.49. The van der Waals surface area contributed by atoms with Gasteiger partial charge in [-0.15, -0.1) is 0 Å². The molecule has 0 bridgehead atoms. The molecule has 0 fully saturated rings. The van der Waals surface area contributed by atoms with Crippen LogP contribution < -0.4 is 16.0 Å². The number of rotatable bonds is 5. The normalized spacial score (nSPS) is 11.7. The van der Waals surface area contributed by atoms with Gasteiger partial charge < -0.3 is 10.6 Å². The smallest absolute Gasteiger partial charge is 0.321 e. The van der Waals surface area contributed by atoms with Gasteiger partial charge in [0.25, 0.3) is 0 Å². The zero-order valence-corrected chi connectivity index (χ0v) is 13.4. The number of likely N-dealkylation sites (N-methyl/N-ethyl adjacent to an activating group) is 1. The molecule has 1 aromatic rings. The minimum Gasteiger partial charge on any atom is -0.341 e. The van der Waals surface area contributed by atoms with E-state index in [0.717, 1.165) is 0 Å². The first-order valence-electron chi connectivity index (χ1n) is 6.62. The second kappa shape index (κ2) is 8.35. The lowest BCUT2D eigenvalue weighted by atomic mass is 10.2. The van der Waals surface area contributed by atoms with Gasteiger partial charge in [0, 0.05) is 7.05 Å². The molecule has 8 heteroatoms. The number of nitrogens with zero attached hydrogens (tertiary/aromatic N) is 1. The fourth-order valence-corrected chi connectivity index (χ4v) is 1.78. The Balaban J connectivity index is 2.55. The molecule has 0 aliphatic heterocycles. The number of halogens is 1. The van der Waals surface area contributed by atoms with Gasteiger partial charge in [-0.1, -0.05) is 23.7 Å². The van der Waals surface area contributed by atoms with Gasteiger partial charge in [-0.05, 0) is 26.1 Å². The van der Waals surface area contributed by atoms with Crippen molar-refractivity contribution in [2.45, 2.75) is 13.0 Å². The summed E-state index contributed by atoms with van der Waals surface area (Å²) in [6, 6.07) is 5.63. The van der Waals surface area contributed by atoms with Crippen LogP contribution in [0.3, 0.4) is 0 Å². The lowest BCUT2D eigenvalue weighted by Gasteiger charge is -2.22. The third-order valence-electron chi connectivity index (χ3n) is 3.05. The Hall–Kier alpha value is -2.12. The summed E-state index contributed by atoms with van der Waals surface area (Å²) in [7, 11) is 3.02. The number of imide groups is 1. The molecule has 0 unspecified atom stereocenters. The third-order valence-corrected chi connectivity index (χ3v) is 3.37. The molecular weight excluding hydrogens is 308 g/mol. The van der Waals surface area contributed by atoms with Gasteiger partial charge in [-0.25, -0.2) is 4.79 Å². The standard InChI is InChI=1S/C14H19ClN4O3/c1-9(13(21)18-14(22)16-2)19(3)8-12(20)17-11-7-5-4-6-10(11)15/h4-7,9H,8H2,1-3H3,(H,17,20)(H2,16,18,21,22)/t9-/m1/s1. The molecule has 0 saturated carbocycles. The molecule has 3 N–H and O–H groups in total. The largest absolute Gasteiger partial charge is 0.341 e. The molecule has 0 aromatic heterocycles. The summed E-state index contributed by atoms with van der Waals surface area (Å²) in [5.74, 6) is -0.803. The van der Waals surface area contributed by atoms with Crippen LogP contribution in [0.25, 0.3) is 0 Å². The summed E-state index contributed by atoms with van der Waals surface area (Å²) in [6.07, 6.45) is 0. The number of carbonyl (C=O) groups excluding carboxylic acids is 3. The van der Waals surface area contributed by atoms with E-state index in [1.165, 1.54) is 11.9 Å². The molecule has 4 amide bonds. The van der Waals surface area contributed by atoms with Crippen molar-refractivity contribution in [3.63, 3.8) is 0 Å². The Bertz CT molecular complexity index is 565. The maximum Gasteiger partial charge on any atom is 0.321 e. The Morgan fingerprint density at radius 3 is 2.50 bits per heavy atom. The van der Waals surface area contributed by atoms with Crippen molar-refractivity contribution >= 4 is 35.1 Å². The number of para-hydroxylation sites is 1. The van der Waals surface area contributed by atoms with E-state index in [0.29, 0.717) is 10.7 Å². The molecule has 0 saturated heterocycles. The zero-order valence-electron chi connectivity index (χ0n) is 12.6. The van der Waals surface area contributed by atoms with Crippen molar-refractivity contribution < 1.29 is 14.4 Å². The number of hydrogen-bond acceptors (Lipinski definition) is 4. The van der Waals surface area contributed by atoms with Crippen LogP contribution in [0.5, 0.6) is 0 Å². The highest BCUT2D eigenvalue weighted by molar-refractivity contribution is 6.33. The highest BCUT2D eigenvalue weighted by Gasteiger charge is 2.21. The number of hydrogen-bond donors (Lipinski definition) is 3. The first-order valence-corrected chi connectivity index (χ1v) is 7.00. The predicted octanol–water partition coefficient (Wildman–Crippen LogP) is 1.05. The van der Waals surface area contributed by atoms with E-state index < -0.39 is 18.0 Å². The summed E-state index contributed by atoms with van der Waals surface area (Å²) < 4.78 is 0. The number of amides is 4. The Morgan fingerprint density at radius 2 is 1.91 bits per heavy atom. The number of nitrogens with one attached hydrogen (secondary N) is 3. The maximum absolute atomic E-state index is 12.0. The van der Waals surface area contributed by atoms with Crippen LogP contribution in [-0.2, 0) is 9.59 Å². The van der Waals surface area contributed by atoms with Gasteiger partial charge in [0.2, 0.25) is 11.8 Å². The summed E-state index contributed by atoms with van der Waals surface area (Å²) in [6.45, 7) is 1.58. The first kappa shape index (κ1) is 17.9. The lowest BCUT2D eigenvalue weighted by molar-refractivity contribution is -0.125. The van der Waals surface area contributed by atoms with E-state index in [9.17, 15) is 14.4 Å². The number of urea groups is 1. The molecule has 0 radical (unpaired) electrons. The van der Waals surface area contributed by atoms with Crippen molar-refractivity contribution in [3.8, 4) is 0 Å². The fourth-order valence-electron chi connectivity index (χ4n) is 1.59. The Kier molecular flexibility index (Phi) is 6.81. The van der Waals surface area contributed by atoms with Gasteiger partial charge in [0.1, 0.15) is 0 Å². The minimum absolute atomic E-state index is 0.0203. The van der Waals surface area contributed by atoms with E-state index in [2.05, 4.69) is 16.0 Å². The molecule has 1 aromatic carbocycles. The molecule has 0 aliphatic rings. The maximum atomic E-state index is 12.0. The average molecular weight is 327 g/mol. The summed E-state index contributed by atoms with van der Waals surface area (Å²) in [5, 5.41) is 7.54. The van der Waals surface area contributed by atoms with Crippen LogP contribution in [-0.4, -0.2) is 49.4 Å². The second-order valence-corrected chi connectivity index (χ2v) is 5.09. The van der Waals surface area contributed by atoms with Gasteiger partial charge >= 0.3 is 6.03 Å². The molecule has 0 aliphatic carbocycles. The molecular formula is C14H19ClN4O3. The molecule has 0 heterocycles. The molecule has 0 spiro atoms. The van der Waals surface area contributed by atoms with Crippen molar-refractivity contribution in [2.75, 3.05) is 26.0 Å². The van der Waals surface area contributed by atoms with Crippen molar-refractivity contribution in [2.24, 2.45) is 0 Å². The number of carbonyl (C=O) groups is 3. The van der Waals surface area contributed by atoms with Gasteiger partial charge in [0.15, 0.2) is 0 Å². The molecule has 1 atom stereocenters. The van der Waals surface area contributed by atoms with Crippen molar-refractivity contribution in [1.82, 2.24) is 15.5 Å². The number of anilines is 1. The van der Waals surface area contributed by atoms with Gasteiger partial charge in [-0.3, -0.25) is 19.8 Å². The SMILES string of the molecule is CNC(=O)NC(=O)[C@@H](C)N(C)CC(=O)Nc1ccccc1Cl. The minimum atomic E-state index is -0.644. The predicted molar refractivity (Wildman–Crippen MR) is 84.8 cm³/mol. The van der Waals surface area contributed by atoms with Crippen LogP contribution in [0.1, 0.15) is 6.92 Å². The van der Waals surface area contributed by atoms with Gasteiger partial charge in [-0.2, -0.15) is 0 Å². The average Bonchev–Trinajstić information content (AvgIpc) is 2.48. The fraction of sp³-hybridized carbons (Fsp3) is 0.357. The summed E-state index contributed by atoms with van der Waals surface area (Å²) in [5.41, 5.74) is 0.505. The van der Waals surface area contributed by atoms with Gasteiger partial charge in [0.05, 0.1) is 23.3 Å². The van der Waals surface area contributed by atoms with Crippen LogP contribution in [0, 0.1) is 0 Å². The Labute approximate surface area is 134 Å². The highest BCUT2D eigenvalue weighted by atomic mass is 35.5. The number of benzene rings is 1. The van der Waals surface area contributed by atoms with Crippen LogP contribution in [0.2, 0.25) is 5.02 Å². The summed E-state index contributed by atoms with van der Waals surface area (Å²) >= 11 is 5.95. The van der Waals surface area contributed by atoms with Crippen molar-refractivity contribution in [3.05, 3.63) is 29.3 Å². The molecule has 7 nitrogen and oxygen atoms in total. The first-order chi connectivity index (χ1) is 10.3. The van der Waals surface area contributed by atoms with Crippen LogP contribution in [0.4, 0.5) is 10.5 Å². The quantitative estimate of drug-likeness (QED) is 0.754. The van der Waals surface area contributed by atoms with E-state index in [1.807, 2.05) is 0 Å². The van der Waals surface area contributed by atoms with Crippen molar-refractivity contribution in [1.29, 1.82) is 0 Å². The third kappa shape index (κ3) is 5.34. The monoisotopic (exact) mass is 326 g/mol. The topological polar surface area (TPSA) is 90.5 Å². The van der Waals surface area contributed by atoms with E-state index in [1.54, 1.807) is 38.2 Å². The zero-order chi connectivity index (χ0) is 16.7. The Morgan fingerprint density at radius 1 is 1.27 bits per heavy atom. The molecule has 120 valence electrons. The molecule has 22 heavy (non-hydrogen) atoms. The van der Waals surface area contributed by atoms with Crippen LogP contribution >= 0.6 is 11.6 Å². The molecule has 1 rings (SSSR count). The van der Waals surface area contributed by atoms with Crippen LogP contribution in [0.15, 0.2) is 24.3 Å². The van der Waals surface area contributed by atoms with E-state index in [-0.39, 0.29) is 12.5 Å². The summed E-state index contributed by atoms with van der Waals surface area (Å²) in [4.78, 5) is 36.4. The highest BCUT2D eigenvalue weighted by Crippen LogP contribution is 2.20. The second-order valence-electron chi connectivity index (χ2n) is 4.69.